The van der Waals surface area contributed by atoms with Crippen molar-refractivity contribution in [2.45, 2.75) is 12.8 Å². The number of methoxy groups -OCH3 is 1. The topological polar surface area (TPSA) is 132 Å². The van der Waals surface area contributed by atoms with E-state index in [1.165, 1.54) is 25.6 Å². The Bertz CT molecular complexity index is 867. The number of aromatic amines is 1. The largest absolute Gasteiger partial charge is 0.514 e. The average Bonchev–Trinajstić information content (AvgIpc) is 3.39. The summed E-state index contributed by atoms with van der Waals surface area (Å²) in [5, 5.41) is 6.46. The Morgan fingerprint density at radius 2 is 2.23 bits per heavy atom. The summed E-state index contributed by atoms with van der Waals surface area (Å²) in [6.07, 6.45) is 3.25. The summed E-state index contributed by atoms with van der Waals surface area (Å²) >= 11 is 0. The summed E-state index contributed by atoms with van der Waals surface area (Å²) < 4.78 is 19.4. The zero-order valence-electron chi connectivity index (χ0n) is 13.9. The summed E-state index contributed by atoms with van der Waals surface area (Å²) in [6, 6.07) is 4.94. The van der Waals surface area contributed by atoms with Gasteiger partial charge in [-0.3, -0.25) is 4.79 Å². The van der Waals surface area contributed by atoms with E-state index in [1.807, 2.05) is 0 Å². The molecule has 1 amide bonds. The van der Waals surface area contributed by atoms with Gasteiger partial charge in [0.25, 0.3) is 5.91 Å². The Balaban J connectivity index is 1.42. The number of furan rings is 1. The molecule has 0 atom stereocenters. The lowest BCUT2D eigenvalue weighted by atomic mass is 10.2. The van der Waals surface area contributed by atoms with E-state index in [9.17, 15) is 9.59 Å². The molecule has 2 N–H and O–H groups in total. The number of amides is 1. The molecule has 3 rings (SSSR count). The molecule has 0 spiro atoms. The van der Waals surface area contributed by atoms with Crippen molar-refractivity contribution < 1.29 is 28.0 Å². The van der Waals surface area contributed by atoms with Crippen LogP contribution in [-0.2, 0) is 11.2 Å². The Labute approximate surface area is 147 Å². The number of hydrogen-bond acceptors (Lipinski definition) is 8. The molecule has 26 heavy (non-hydrogen) atoms. The first-order chi connectivity index (χ1) is 12.7. The van der Waals surface area contributed by atoms with Crippen molar-refractivity contribution in [1.82, 2.24) is 20.4 Å². The van der Waals surface area contributed by atoms with Gasteiger partial charge in [-0.15, -0.1) is 0 Å². The minimum absolute atomic E-state index is 0.170. The third-order valence-electron chi connectivity index (χ3n) is 3.35. The molecule has 0 saturated carbocycles. The molecule has 136 valence electrons. The van der Waals surface area contributed by atoms with E-state index < -0.39 is 6.16 Å². The van der Waals surface area contributed by atoms with Gasteiger partial charge in [-0.1, -0.05) is 5.16 Å². The van der Waals surface area contributed by atoms with Crippen molar-refractivity contribution in [2.75, 3.05) is 13.7 Å². The maximum absolute atomic E-state index is 12.0. The highest BCUT2D eigenvalue weighted by atomic mass is 16.7. The van der Waals surface area contributed by atoms with Crippen LogP contribution in [0.25, 0.3) is 11.5 Å². The smallest absolute Gasteiger partial charge is 0.461 e. The van der Waals surface area contributed by atoms with Crippen molar-refractivity contribution in [3.8, 4) is 17.4 Å². The summed E-state index contributed by atoms with van der Waals surface area (Å²) in [6.45, 7) is 0.412. The van der Waals surface area contributed by atoms with Crippen molar-refractivity contribution in [3.63, 3.8) is 0 Å². The molecule has 0 aromatic carbocycles. The highest BCUT2D eigenvalue weighted by molar-refractivity contribution is 5.92. The summed E-state index contributed by atoms with van der Waals surface area (Å²) in [4.78, 5) is 29.9. The third-order valence-corrected chi connectivity index (χ3v) is 3.35. The van der Waals surface area contributed by atoms with Crippen LogP contribution in [0.2, 0.25) is 0 Å². The fraction of sp³-hybridized carbons (Fsp3) is 0.250. The quantitative estimate of drug-likeness (QED) is 0.484. The maximum atomic E-state index is 12.0. The number of rotatable bonds is 7. The van der Waals surface area contributed by atoms with Crippen LogP contribution in [-0.4, -0.2) is 40.8 Å². The molecule has 0 aliphatic carbocycles. The summed E-state index contributed by atoms with van der Waals surface area (Å²) in [5.41, 5.74) is 0.170. The molecule has 0 radical (unpaired) electrons. The van der Waals surface area contributed by atoms with Crippen LogP contribution in [0.5, 0.6) is 5.88 Å². The monoisotopic (exact) mass is 360 g/mol. The van der Waals surface area contributed by atoms with E-state index >= 15 is 0 Å². The van der Waals surface area contributed by atoms with E-state index in [-0.39, 0.29) is 17.5 Å². The van der Waals surface area contributed by atoms with Crippen molar-refractivity contribution in [1.29, 1.82) is 0 Å². The second kappa shape index (κ2) is 8.01. The number of aryl methyl sites for hydroxylation is 1. The Kier molecular flexibility index (Phi) is 5.32. The number of H-pyrrole nitrogens is 1. The normalized spacial score (nSPS) is 10.5. The van der Waals surface area contributed by atoms with E-state index in [0.717, 1.165) is 0 Å². The number of aromatic nitrogens is 3. The zero-order chi connectivity index (χ0) is 18.4. The van der Waals surface area contributed by atoms with E-state index in [1.54, 1.807) is 12.1 Å². The van der Waals surface area contributed by atoms with Crippen LogP contribution in [0, 0.1) is 0 Å². The second-order valence-corrected chi connectivity index (χ2v) is 5.16. The van der Waals surface area contributed by atoms with Crippen LogP contribution >= 0.6 is 0 Å². The molecule has 3 heterocycles. The second-order valence-electron chi connectivity index (χ2n) is 5.16. The molecule has 0 unspecified atom stereocenters. The van der Waals surface area contributed by atoms with Crippen molar-refractivity contribution in [3.05, 3.63) is 42.2 Å². The van der Waals surface area contributed by atoms with Crippen LogP contribution in [0.1, 0.15) is 22.7 Å². The molecule has 10 heteroatoms. The Morgan fingerprint density at radius 1 is 1.35 bits per heavy atom. The number of imidazole rings is 1. The molecule has 0 aliphatic rings. The van der Waals surface area contributed by atoms with Crippen LogP contribution in [0.4, 0.5) is 4.79 Å². The molecule has 0 saturated heterocycles. The van der Waals surface area contributed by atoms with Gasteiger partial charge in [0.2, 0.25) is 11.6 Å². The third kappa shape index (κ3) is 4.29. The first kappa shape index (κ1) is 17.3. The van der Waals surface area contributed by atoms with E-state index in [2.05, 4.69) is 25.2 Å². The molecule has 0 bridgehead atoms. The minimum Gasteiger partial charge on any atom is -0.461 e. The number of carbonyl (C=O) groups is 2. The van der Waals surface area contributed by atoms with Crippen LogP contribution in [0.3, 0.4) is 0 Å². The summed E-state index contributed by atoms with van der Waals surface area (Å²) in [5.74, 6) is 1.36. The van der Waals surface area contributed by atoms with Crippen LogP contribution in [0.15, 0.2) is 39.6 Å². The van der Waals surface area contributed by atoms with Crippen LogP contribution < -0.4 is 10.1 Å². The van der Waals surface area contributed by atoms with Gasteiger partial charge in [-0.2, -0.15) is 0 Å². The average molecular weight is 360 g/mol. The number of ether oxygens (including phenoxy) is 2. The highest BCUT2D eigenvalue weighted by Crippen LogP contribution is 2.20. The van der Waals surface area contributed by atoms with Crippen molar-refractivity contribution >= 4 is 12.1 Å². The lowest BCUT2D eigenvalue weighted by Gasteiger charge is -2.01. The molecule has 3 aromatic heterocycles. The van der Waals surface area contributed by atoms with Gasteiger partial charge >= 0.3 is 6.16 Å². The first-order valence-electron chi connectivity index (χ1n) is 7.74. The lowest BCUT2D eigenvalue weighted by molar-refractivity contribution is 0.0943. The molecular formula is C16H16N4O6. The molecular weight excluding hydrogens is 344 g/mol. The standard InChI is InChI=1S/C16H16N4O6/c1-23-16(22)25-14-9-18-13(19-14)5-2-6-17-15(21)10-8-12(26-20-10)11-4-3-7-24-11/h3-4,7-9H,2,5-6H2,1H3,(H,17,21)(H,18,19). The van der Waals surface area contributed by atoms with Crippen molar-refractivity contribution in [2.24, 2.45) is 0 Å². The lowest BCUT2D eigenvalue weighted by Crippen LogP contribution is -2.25. The first-order valence-corrected chi connectivity index (χ1v) is 7.74. The summed E-state index contributed by atoms with van der Waals surface area (Å²) in [7, 11) is 1.22. The van der Waals surface area contributed by atoms with Gasteiger partial charge in [0.05, 0.1) is 19.6 Å². The fourth-order valence-electron chi connectivity index (χ4n) is 2.12. The van der Waals surface area contributed by atoms with Gasteiger partial charge in [0.15, 0.2) is 11.5 Å². The predicted molar refractivity (Wildman–Crippen MR) is 86.5 cm³/mol. The minimum atomic E-state index is -0.825. The highest BCUT2D eigenvalue weighted by Gasteiger charge is 2.14. The van der Waals surface area contributed by atoms with Gasteiger partial charge < -0.3 is 28.7 Å². The van der Waals surface area contributed by atoms with E-state index in [0.29, 0.717) is 36.7 Å². The molecule has 0 aliphatic heterocycles. The molecule has 10 nitrogen and oxygen atoms in total. The van der Waals surface area contributed by atoms with Gasteiger partial charge in [-0.25, -0.2) is 9.78 Å². The number of hydrogen-bond donors (Lipinski definition) is 2. The fourth-order valence-corrected chi connectivity index (χ4v) is 2.12. The molecule has 3 aromatic rings. The zero-order valence-corrected chi connectivity index (χ0v) is 13.9. The Morgan fingerprint density at radius 3 is 3.00 bits per heavy atom. The predicted octanol–water partition coefficient (Wildman–Crippen LogP) is 2.17. The SMILES string of the molecule is COC(=O)Oc1cnc(CCCNC(=O)c2cc(-c3ccco3)on2)[nH]1. The van der Waals surface area contributed by atoms with Gasteiger partial charge in [0.1, 0.15) is 5.82 Å². The number of nitrogens with one attached hydrogen (secondary N) is 2. The number of nitrogens with zero attached hydrogens (tertiary/aromatic N) is 2. The Hall–Kier alpha value is -3.56. The maximum Gasteiger partial charge on any atom is 0.514 e. The molecule has 0 fully saturated rings. The number of carbonyl (C=O) groups excluding carboxylic acids is 2. The van der Waals surface area contributed by atoms with Gasteiger partial charge in [0, 0.05) is 19.0 Å². The van der Waals surface area contributed by atoms with E-state index in [4.69, 9.17) is 13.7 Å². The van der Waals surface area contributed by atoms with Gasteiger partial charge in [-0.05, 0) is 18.6 Å².